The highest BCUT2D eigenvalue weighted by atomic mass is 14.5. The number of allylic oxidation sites excluding steroid dienone is 1. The quantitative estimate of drug-likeness (QED) is 0.768. The molecule has 0 heterocycles. The Morgan fingerprint density at radius 1 is 1.09 bits per heavy atom. The van der Waals surface area contributed by atoms with Crippen LogP contribution in [0.3, 0.4) is 0 Å². The third kappa shape index (κ3) is 2.92. The maximum Gasteiger partial charge on any atom is 0.175 e. The number of benzene rings is 2. The molecule has 0 radical (unpaired) electrons. The van der Waals surface area contributed by atoms with Crippen LogP contribution in [0, 0.1) is 35.5 Å². The van der Waals surface area contributed by atoms with Gasteiger partial charge in [0.1, 0.15) is 0 Å². The minimum atomic E-state index is -1.22. The first-order chi connectivity index (χ1) is 10.7. The zero-order valence-corrected chi connectivity index (χ0v) is 12.7. The molecule has 22 heavy (non-hydrogen) atoms. The van der Waals surface area contributed by atoms with Crippen LogP contribution in [0.2, 0.25) is 0 Å². The zero-order chi connectivity index (χ0) is 16.0. The van der Waals surface area contributed by atoms with E-state index in [1.807, 2.05) is 55.5 Å². The molecule has 0 aliphatic heterocycles. The number of hydrogen-bond acceptors (Lipinski definition) is 2. The van der Waals surface area contributed by atoms with Gasteiger partial charge in [0, 0.05) is 5.92 Å². The smallest absolute Gasteiger partial charge is 0.175 e. The molecule has 0 N–H and O–H groups in total. The molecule has 2 nitrogen and oxygen atoms in total. The van der Waals surface area contributed by atoms with Crippen molar-refractivity contribution in [2.75, 3.05) is 0 Å². The van der Waals surface area contributed by atoms with Gasteiger partial charge in [-0.2, -0.15) is 10.5 Å². The van der Waals surface area contributed by atoms with E-state index in [2.05, 4.69) is 24.8 Å². The summed E-state index contributed by atoms with van der Waals surface area (Å²) in [4.78, 5) is 0. The lowest BCUT2D eigenvalue weighted by atomic mass is 9.70. The first-order valence-electron chi connectivity index (χ1n) is 7.22. The van der Waals surface area contributed by atoms with Gasteiger partial charge in [0.25, 0.3) is 0 Å². The summed E-state index contributed by atoms with van der Waals surface area (Å²) in [6.45, 7) is 5.90. The normalized spacial score (nSPS) is 12.0. The molecule has 0 aliphatic rings. The molecule has 0 spiro atoms. The minimum Gasteiger partial charge on any atom is -0.196 e. The number of hydrogen-bond donors (Lipinski definition) is 0. The molecule has 0 aromatic heterocycles. The van der Waals surface area contributed by atoms with Crippen molar-refractivity contribution in [1.82, 2.24) is 0 Å². The van der Waals surface area contributed by atoms with Gasteiger partial charge in [0.15, 0.2) is 5.41 Å². The molecule has 0 aliphatic carbocycles. The van der Waals surface area contributed by atoms with E-state index in [0.717, 1.165) is 11.1 Å². The van der Waals surface area contributed by atoms with Crippen LogP contribution in [0.5, 0.6) is 0 Å². The second-order valence-corrected chi connectivity index (χ2v) is 5.43. The Bertz CT molecular complexity index is 718. The summed E-state index contributed by atoms with van der Waals surface area (Å²) in [6, 6.07) is 21.9. The van der Waals surface area contributed by atoms with Gasteiger partial charge in [0.2, 0.25) is 0 Å². The van der Waals surface area contributed by atoms with E-state index in [-0.39, 0.29) is 5.92 Å². The van der Waals surface area contributed by atoms with Crippen molar-refractivity contribution in [1.29, 1.82) is 10.5 Å². The summed E-state index contributed by atoms with van der Waals surface area (Å²) in [6.07, 6.45) is 2.34. The molecule has 0 amide bonds. The van der Waals surface area contributed by atoms with Crippen LogP contribution >= 0.6 is 0 Å². The molecule has 0 fully saturated rings. The maximum atomic E-state index is 9.74. The van der Waals surface area contributed by atoms with E-state index in [1.54, 1.807) is 6.08 Å². The lowest BCUT2D eigenvalue weighted by Gasteiger charge is -2.27. The summed E-state index contributed by atoms with van der Waals surface area (Å²) in [7, 11) is 0. The van der Waals surface area contributed by atoms with Gasteiger partial charge in [0.05, 0.1) is 12.1 Å². The van der Waals surface area contributed by atoms with Crippen LogP contribution < -0.4 is 0 Å². The van der Waals surface area contributed by atoms with E-state index < -0.39 is 5.41 Å². The van der Waals surface area contributed by atoms with Crippen LogP contribution in [0.25, 0.3) is 0 Å². The highest BCUT2D eigenvalue weighted by molar-refractivity contribution is 5.43. The third-order valence-corrected chi connectivity index (χ3v) is 3.96. The average molecular weight is 286 g/mol. The predicted octanol–water partition coefficient (Wildman–Crippen LogP) is 4.32. The van der Waals surface area contributed by atoms with E-state index >= 15 is 0 Å². The minimum absolute atomic E-state index is 0.272. The molecule has 1 atom stereocenters. The lowest BCUT2D eigenvalue weighted by molar-refractivity contribution is 0.495. The molecule has 2 aromatic carbocycles. The van der Waals surface area contributed by atoms with Crippen molar-refractivity contribution < 1.29 is 0 Å². The molecule has 0 saturated heterocycles. The summed E-state index contributed by atoms with van der Waals surface area (Å²) >= 11 is 0. The Hall–Kier alpha value is -2.84. The Labute approximate surface area is 132 Å². The molecule has 2 aromatic rings. The van der Waals surface area contributed by atoms with Crippen LogP contribution in [-0.4, -0.2) is 0 Å². The molecule has 2 heteroatoms. The average Bonchev–Trinajstić information content (AvgIpc) is 2.56. The molecule has 2 rings (SSSR count). The Morgan fingerprint density at radius 3 is 2.32 bits per heavy atom. The van der Waals surface area contributed by atoms with Crippen molar-refractivity contribution in [2.24, 2.45) is 5.92 Å². The number of nitrogens with zero attached hydrogens (tertiary/aromatic N) is 2. The van der Waals surface area contributed by atoms with Gasteiger partial charge in [-0.3, -0.25) is 0 Å². The Morgan fingerprint density at radius 2 is 1.77 bits per heavy atom. The molecule has 0 bridgehead atoms. The van der Waals surface area contributed by atoms with Crippen molar-refractivity contribution in [2.45, 2.75) is 18.8 Å². The van der Waals surface area contributed by atoms with Crippen molar-refractivity contribution >= 4 is 0 Å². The second kappa shape index (κ2) is 6.74. The summed E-state index contributed by atoms with van der Waals surface area (Å²) in [5, 5.41) is 19.5. The lowest BCUT2D eigenvalue weighted by Crippen LogP contribution is -2.32. The number of aryl methyl sites for hydroxylation is 1. The van der Waals surface area contributed by atoms with Gasteiger partial charge in [-0.1, -0.05) is 66.2 Å². The van der Waals surface area contributed by atoms with Gasteiger partial charge in [-0.25, -0.2) is 0 Å². The van der Waals surface area contributed by atoms with Crippen LogP contribution in [0.1, 0.15) is 16.7 Å². The first-order valence-corrected chi connectivity index (χ1v) is 7.22. The van der Waals surface area contributed by atoms with Gasteiger partial charge < -0.3 is 0 Å². The maximum absolute atomic E-state index is 9.74. The largest absolute Gasteiger partial charge is 0.196 e. The fourth-order valence-electron chi connectivity index (χ4n) is 2.74. The topological polar surface area (TPSA) is 47.6 Å². The summed E-state index contributed by atoms with van der Waals surface area (Å²) < 4.78 is 0. The molecule has 1 unspecified atom stereocenters. The third-order valence-electron chi connectivity index (χ3n) is 3.96. The second-order valence-electron chi connectivity index (χ2n) is 5.43. The number of rotatable bonds is 5. The molecule has 108 valence electrons. The van der Waals surface area contributed by atoms with Gasteiger partial charge in [-0.05, 0) is 24.5 Å². The zero-order valence-electron chi connectivity index (χ0n) is 12.7. The van der Waals surface area contributed by atoms with E-state index in [9.17, 15) is 10.5 Å². The predicted molar refractivity (Wildman–Crippen MR) is 87.9 cm³/mol. The summed E-state index contributed by atoms with van der Waals surface area (Å²) in [5.41, 5.74) is 1.78. The summed E-state index contributed by atoms with van der Waals surface area (Å²) in [5.74, 6) is -0.272. The molecule has 0 saturated carbocycles. The fraction of sp³-hybridized carbons (Fsp3) is 0.200. The van der Waals surface area contributed by atoms with Gasteiger partial charge >= 0.3 is 0 Å². The molecular weight excluding hydrogens is 268 g/mol. The highest BCUT2D eigenvalue weighted by Gasteiger charge is 2.39. The Kier molecular flexibility index (Phi) is 4.77. The van der Waals surface area contributed by atoms with Gasteiger partial charge in [-0.15, -0.1) is 6.58 Å². The highest BCUT2D eigenvalue weighted by Crippen LogP contribution is 2.34. The van der Waals surface area contributed by atoms with E-state index in [0.29, 0.717) is 6.42 Å². The van der Waals surface area contributed by atoms with E-state index in [4.69, 9.17) is 0 Å². The van der Waals surface area contributed by atoms with Crippen molar-refractivity contribution in [3.8, 4) is 12.1 Å². The monoisotopic (exact) mass is 286 g/mol. The SMILES string of the molecule is C=CC(Cc1cccc(C)c1)C(C#N)(C#N)c1ccccc1. The van der Waals surface area contributed by atoms with Crippen LogP contribution in [0.4, 0.5) is 0 Å². The van der Waals surface area contributed by atoms with Crippen LogP contribution in [-0.2, 0) is 11.8 Å². The Balaban J connectivity index is 2.44. The van der Waals surface area contributed by atoms with Crippen molar-refractivity contribution in [3.63, 3.8) is 0 Å². The standard InChI is InChI=1S/C20H18N2/c1-3-18(13-17-9-7-8-16(2)12-17)20(14-21,15-22)19-10-5-4-6-11-19/h3-12,18H,1,13H2,2H3. The number of nitriles is 2. The fourth-order valence-corrected chi connectivity index (χ4v) is 2.74. The van der Waals surface area contributed by atoms with E-state index in [1.165, 1.54) is 5.56 Å². The van der Waals surface area contributed by atoms with Crippen LogP contribution in [0.15, 0.2) is 67.3 Å². The van der Waals surface area contributed by atoms with Crippen molar-refractivity contribution in [3.05, 3.63) is 83.9 Å². The molecular formula is C20H18N2. The first kappa shape index (κ1) is 15.5.